The van der Waals surface area contributed by atoms with Crippen molar-refractivity contribution in [2.24, 2.45) is 23.3 Å². The van der Waals surface area contributed by atoms with Gasteiger partial charge in [-0.05, 0) is 135 Å². The lowest BCUT2D eigenvalue weighted by Gasteiger charge is -2.32. The number of anilines is 1. The molecule has 22 N–H and O–H groups in total. The number of primary amides is 2. The fourth-order valence-electron chi connectivity index (χ4n) is 14.6. The largest absolute Gasteiger partial charge is 0.508 e. The Morgan fingerprint density at radius 2 is 1.14 bits per heavy atom. The van der Waals surface area contributed by atoms with Crippen LogP contribution in [0, 0.1) is 11.8 Å². The summed E-state index contributed by atoms with van der Waals surface area (Å²) in [5.74, 6) is -14.3. The van der Waals surface area contributed by atoms with Crippen LogP contribution in [0.3, 0.4) is 0 Å². The van der Waals surface area contributed by atoms with Gasteiger partial charge < -0.3 is 110 Å². The van der Waals surface area contributed by atoms with Crippen LogP contribution in [0.5, 0.6) is 5.75 Å². The summed E-state index contributed by atoms with van der Waals surface area (Å²) in [4.78, 5) is 232. The van der Waals surface area contributed by atoms with E-state index in [1.165, 1.54) is 85.8 Å². The second-order valence-electron chi connectivity index (χ2n) is 32.4. The number of phenolic OH excluding ortho intramolecular Hbond substituents is 1. The Balaban J connectivity index is 0.999. The average molecular weight is 1840 g/mol. The third-order valence-electron chi connectivity index (χ3n) is 21.4. The molecule has 11 amide bonds. The molecule has 4 heterocycles. The Labute approximate surface area is 757 Å². The van der Waals surface area contributed by atoms with Gasteiger partial charge in [0.15, 0.2) is 10.5 Å². The fraction of sp³-hybridized carbons (Fsp3) is 0.465. The smallest absolute Gasteiger partial charge is 0.336 e. The number of aromatic carboxylic acids is 1. The number of aromatic hydroxyl groups is 1. The molecular formula is C86H114N20O22S2. The number of carboxylic acids is 4. The highest BCUT2D eigenvalue weighted by molar-refractivity contribution is 7.98. The minimum Gasteiger partial charge on any atom is -0.508 e. The summed E-state index contributed by atoms with van der Waals surface area (Å²) in [6.45, 7) is 7.20. The van der Waals surface area contributed by atoms with Crippen molar-refractivity contribution < 1.29 is 102 Å². The predicted molar refractivity (Wildman–Crippen MR) is 483 cm³/mol. The first-order valence-corrected chi connectivity index (χ1v) is 44.1. The van der Waals surface area contributed by atoms with Gasteiger partial charge in [0.2, 0.25) is 65.0 Å². The summed E-state index contributed by atoms with van der Waals surface area (Å²) in [5.41, 5.74) is 13.1. The summed E-state index contributed by atoms with van der Waals surface area (Å²) in [6, 6.07) is 8.35. The molecule has 1 aliphatic carbocycles. The van der Waals surface area contributed by atoms with Crippen molar-refractivity contribution in [3.63, 3.8) is 0 Å². The van der Waals surface area contributed by atoms with E-state index in [2.05, 4.69) is 73.4 Å². The monoisotopic (exact) mass is 1840 g/mol. The zero-order chi connectivity index (χ0) is 95.0. The number of amides is 11. The molecule has 702 valence electrons. The van der Waals surface area contributed by atoms with Gasteiger partial charge in [-0.2, -0.15) is 11.8 Å². The highest BCUT2D eigenvalue weighted by Gasteiger charge is 2.36. The van der Waals surface area contributed by atoms with E-state index in [0.29, 0.717) is 44.4 Å². The summed E-state index contributed by atoms with van der Waals surface area (Å²) in [5, 5.41) is 80.9. The van der Waals surface area contributed by atoms with Crippen LogP contribution in [0.25, 0.3) is 44.3 Å². The molecular weight excluding hydrogens is 1730 g/mol. The average Bonchev–Trinajstić information content (AvgIpc) is 0.801. The number of aromatic nitrogens is 3. The number of aliphatic carboxylic acids is 3. The molecule has 0 spiro atoms. The minimum absolute atomic E-state index is 0.00819. The number of nitrogens with two attached hydrogens (primary N) is 2. The summed E-state index contributed by atoms with van der Waals surface area (Å²) in [6.07, 6.45) is 5.38. The van der Waals surface area contributed by atoms with E-state index in [4.69, 9.17) is 28.1 Å². The first-order chi connectivity index (χ1) is 61.8. The number of carboxylic acid groups (broad SMARTS) is 4. The van der Waals surface area contributed by atoms with Crippen LogP contribution in [-0.2, 0) is 80.0 Å². The first kappa shape index (κ1) is 102. The Morgan fingerprint density at radius 1 is 0.562 bits per heavy atom. The van der Waals surface area contributed by atoms with Crippen molar-refractivity contribution in [3.8, 4) is 28.2 Å². The molecule has 2 aliphatic heterocycles. The van der Waals surface area contributed by atoms with Gasteiger partial charge in [0.05, 0.1) is 50.3 Å². The molecule has 1 saturated heterocycles. The molecule has 8 rings (SSSR count). The number of carbonyl (C=O) groups excluding carboxylic acids is 11. The summed E-state index contributed by atoms with van der Waals surface area (Å²) >= 11 is 7.27. The molecule has 0 radical (unpaired) electrons. The van der Waals surface area contributed by atoms with Crippen LogP contribution < -0.4 is 75.4 Å². The number of fused-ring (bicyclic) bond motifs is 3. The number of carbonyl (C=O) groups is 15. The van der Waals surface area contributed by atoms with Gasteiger partial charge in [-0.3, -0.25) is 91.5 Å². The SMILES string of the molecule is CSCC[C@H](NC(=O)[C@H](CC(C)C)NC(=O)[C@H](Cc1c[nH]cn1)NC(=O)CNC(=O)[C@@H](NC(=O)[C@H](C)NC(=O)[C@H](Cc1c[nH]c2ccccc12)NC(=O)[C@H](CCC(N)=O)NC(=O)[C@H](CCCCNC(=O)CN1CCN(CC(=O)O)CCN(CC(=O)O)CCN(CC(=O)O)CC1)NC(=S)Nc1ccc(-c2c3ccc(=O)cc-3oc3cc(O)ccc23)c(C(=O)O)c1)C(C)C)C(N)=O. The van der Waals surface area contributed by atoms with Gasteiger partial charge in [0.1, 0.15) is 65.4 Å². The van der Waals surface area contributed by atoms with Crippen LogP contribution in [-0.4, -0.2) is 306 Å². The first-order valence-electron chi connectivity index (χ1n) is 42.3. The van der Waals surface area contributed by atoms with E-state index in [9.17, 15) is 92.7 Å². The fourth-order valence-corrected chi connectivity index (χ4v) is 15.4. The third-order valence-corrected chi connectivity index (χ3v) is 22.3. The molecule has 130 heavy (non-hydrogen) atoms. The number of unbranched alkanes of at least 4 members (excludes halogenated alkanes) is 1. The van der Waals surface area contributed by atoms with Crippen LogP contribution in [0.1, 0.15) is 101 Å². The topological polar surface area (TPSA) is 629 Å². The zero-order valence-corrected chi connectivity index (χ0v) is 74.5. The number of nitrogens with zero attached hydrogens (tertiary/aromatic N) is 5. The number of aromatic amines is 2. The van der Waals surface area contributed by atoms with E-state index >= 15 is 9.59 Å². The van der Waals surface area contributed by atoms with Crippen molar-refractivity contribution in [1.82, 2.24) is 87.7 Å². The standard InChI is InChI=1S/C86H114N20O22S2/c1-47(2)33-64(82(123)97-61(77(88)118)22-32-130-6)99-83(124)66(36-52-40-89-46-93-52)96-70(110)41-92-84(125)76(48(3)4)102-78(119)49(5)94-81(122)65(34-50-39-91-60-12-8-7-11-55(50)60)100-80(121)63(20-21-69(87)109)98-79(120)62(13-9-10-23-90-71(111)42-103-24-26-104(43-72(112)113)28-30-106(45-74(116)117)31-29-105(27-25-103)44-73(114)115)101-86(129)95-51-14-17-56(59(35-51)85(126)127)75-57-18-15-53(107)37-67(57)128-68-38-54(108)16-19-58(68)75/h7-8,11-12,14-19,35,37-40,46-49,61-66,76,91,107H,9-10,13,20-34,36,41-45H2,1-6H3,(H2,87,109)(H2,88,118)(H,89,93)(H,90,111)(H,92,125)(H,94,122)(H,96,110)(H,97,123)(H,98,120)(H,99,124)(H,100,121)(H,102,119)(H,112,113)(H,114,115)(H,116,117)(H,126,127)(H2,95,101,129)/t49-,61-,62-,63-,64-,65-,66-,76-/m0/s1. The Bertz CT molecular complexity index is 5190. The molecule has 0 bridgehead atoms. The molecule has 1 fully saturated rings. The lowest BCUT2D eigenvalue weighted by atomic mass is 9.90. The van der Waals surface area contributed by atoms with Crippen molar-refractivity contribution in [2.75, 3.05) is 109 Å². The molecule has 2 aromatic heterocycles. The molecule has 44 heteroatoms. The summed E-state index contributed by atoms with van der Waals surface area (Å²) < 4.78 is 6.00. The van der Waals surface area contributed by atoms with Crippen LogP contribution in [0.2, 0.25) is 0 Å². The van der Waals surface area contributed by atoms with Crippen LogP contribution in [0.4, 0.5) is 5.69 Å². The van der Waals surface area contributed by atoms with Gasteiger partial charge in [0.25, 0.3) is 0 Å². The summed E-state index contributed by atoms with van der Waals surface area (Å²) in [7, 11) is 0. The lowest BCUT2D eigenvalue weighted by molar-refractivity contribution is -0.140. The Morgan fingerprint density at radius 3 is 1.73 bits per heavy atom. The van der Waals surface area contributed by atoms with Gasteiger partial charge in [-0.25, -0.2) is 9.78 Å². The molecule has 42 nitrogen and oxygen atoms in total. The lowest BCUT2D eigenvalue weighted by Crippen LogP contribution is -2.60. The van der Waals surface area contributed by atoms with E-state index < -0.39 is 168 Å². The molecule has 3 aromatic carbocycles. The number of hydrogen-bond donors (Lipinski definition) is 20. The van der Waals surface area contributed by atoms with E-state index in [0.717, 1.165) is 0 Å². The zero-order valence-electron chi connectivity index (χ0n) is 72.9. The molecule has 8 atom stereocenters. The van der Waals surface area contributed by atoms with Crippen molar-refractivity contribution >= 4 is 146 Å². The number of phenols is 1. The minimum atomic E-state index is -1.67. The molecule has 0 saturated carbocycles. The van der Waals surface area contributed by atoms with Crippen LogP contribution >= 0.6 is 24.0 Å². The molecule has 0 unspecified atom stereocenters. The molecule has 5 aromatic rings. The van der Waals surface area contributed by atoms with Crippen molar-refractivity contribution in [1.29, 1.82) is 0 Å². The third kappa shape index (κ3) is 32.2. The second kappa shape index (κ2) is 50.0. The molecule has 3 aliphatic rings. The van der Waals surface area contributed by atoms with E-state index in [-0.39, 0.29) is 175 Å². The number of imidazole rings is 1. The number of hydrogen-bond acceptors (Lipinski definition) is 25. The number of thiocarbonyl (C=S) groups is 1. The Kier molecular flexibility index (Phi) is 39.3. The van der Waals surface area contributed by atoms with Gasteiger partial charge in [0, 0.05) is 136 Å². The number of benzene rings is 4. The number of H-pyrrole nitrogens is 2. The second-order valence-corrected chi connectivity index (χ2v) is 33.7. The highest BCUT2D eigenvalue weighted by atomic mass is 32.2. The quantitative estimate of drug-likeness (QED) is 0.0134. The highest BCUT2D eigenvalue weighted by Crippen LogP contribution is 2.42. The van der Waals surface area contributed by atoms with Crippen molar-refractivity contribution in [2.45, 2.75) is 141 Å². The van der Waals surface area contributed by atoms with E-state index in [1.807, 2.05) is 20.1 Å². The number of nitrogens with one attached hydrogen (secondary N) is 13. The maximum Gasteiger partial charge on any atom is 0.336 e. The maximum atomic E-state index is 15.1. The van der Waals surface area contributed by atoms with Gasteiger partial charge in [-0.15, -0.1) is 0 Å². The Hall–Kier alpha value is -13.2. The number of rotatable bonds is 47. The van der Waals surface area contributed by atoms with Crippen LogP contribution in [0.15, 0.2) is 107 Å². The normalized spacial score (nSPS) is 15.0. The maximum absolute atomic E-state index is 15.1. The predicted octanol–water partition coefficient (Wildman–Crippen LogP) is -0.189. The van der Waals surface area contributed by atoms with Crippen molar-refractivity contribution in [3.05, 3.63) is 125 Å². The number of thioether (sulfide) groups is 1. The number of para-hydroxylation sites is 1. The van der Waals surface area contributed by atoms with Gasteiger partial charge in [-0.1, -0.05) is 52.0 Å². The van der Waals surface area contributed by atoms with E-state index in [1.54, 1.807) is 63.9 Å². The van der Waals surface area contributed by atoms with Gasteiger partial charge >= 0.3 is 23.9 Å².